The Hall–Kier alpha value is -4.20. The fourth-order valence-electron chi connectivity index (χ4n) is 4.61. The standard InChI is InChI=1S/C26H25N5O3/c32-23(31(20-9-3-1-4-10-20)21-11-5-2-6-12-21)19-26(24(33)34)14-17-29(18-15-26)25-28-27-22-13-7-8-16-30(22)25/h1-13,16H,14-15,17-19H2,(H,33,34). The molecule has 0 spiro atoms. The summed E-state index contributed by atoms with van der Waals surface area (Å²) in [6.07, 6.45) is 2.49. The number of aromatic nitrogens is 3. The van der Waals surface area contributed by atoms with Crippen LogP contribution in [0.15, 0.2) is 85.1 Å². The highest BCUT2D eigenvalue weighted by atomic mass is 16.4. The van der Waals surface area contributed by atoms with Crippen molar-refractivity contribution in [2.75, 3.05) is 22.9 Å². The third-order valence-corrected chi connectivity index (χ3v) is 6.52. The Labute approximate surface area is 197 Å². The molecule has 1 N–H and O–H groups in total. The predicted octanol–water partition coefficient (Wildman–Crippen LogP) is 4.16. The molecule has 4 aromatic rings. The maximum atomic E-state index is 13.6. The predicted molar refractivity (Wildman–Crippen MR) is 129 cm³/mol. The second-order valence-corrected chi connectivity index (χ2v) is 8.58. The molecule has 1 saturated heterocycles. The third kappa shape index (κ3) is 3.98. The van der Waals surface area contributed by atoms with Gasteiger partial charge >= 0.3 is 5.97 Å². The van der Waals surface area contributed by atoms with Crippen LogP contribution >= 0.6 is 0 Å². The smallest absolute Gasteiger partial charge is 0.310 e. The van der Waals surface area contributed by atoms with E-state index in [1.165, 1.54) is 0 Å². The number of pyridine rings is 1. The van der Waals surface area contributed by atoms with E-state index in [9.17, 15) is 14.7 Å². The fourth-order valence-corrected chi connectivity index (χ4v) is 4.61. The van der Waals surface area contributed by atoms with Crippen LogP contribution in [0.4, 0.5) is 17.3 Å². The molecule has 172 valence electrons. The Kier molecular flexibility index (Phi) is 5.71. The Balaban J connectivity index is 1.39. The first-order valence-corrected chi connectivity index (χ1v) is 11.3. The number of nitrogens with zero attached hydrogens (tertiary/aromatic N) is 5. The van der Waals surface area contributed by atoms with Crippen LogP contribution in [0.3, 0.4) is 0 Å². The number of fused-ring (bicyclic) bond motifs is 1. The van der Waals surface area contributed by atoms with E-state index in [-0.39, 0.29) is 12.3 Å². The molecule has 0 radical (unpaired) electrons. The Morgan fingerprint density at radius 3 is 2.03 bits per heavy atom. The molecule has 8 nitrogen and oxygen atoms in total. The molecule has 1 aliphatic rings. The van der Waals surface area contributed by atoms with Crippen LogP contribution in [0.2, 0.25) is 0 Å². The molecule has 1 fully saturated rings. The van der Waals surface area contributed by atoms with Gasteiger partial charge < -0.3 is 10.0 Å². The second-order valence-electron chi connectivity index (χ2n) is 8.58. The highest BCUT2D eigenvalue weighted by molar-refractivity contribution is 6.02. The number of para-hydroxylation sites is 2. The van der Waals surface area contributed by atoms with Crippen LogP contribution < -0.4 is 9.80 Å². The second kappa shape index (κ2) is 8.97. The molecule has 0 bridgehead atoms. The molecule has 2 aromatic heterocycles. The van der Waals surface area contributed by atoms with Gasteiger partial charge in [0.25, 0.3) is 0 Å². The van der Waals surface area contributed by atoms with Crippen molar-refractivity contribution in [2.24, 2.45) is 5.41 Å². The van der Waals surface area contributed by atoms with Crippen molar-refractivity contribution in [1.29, 1.82) is 0 Å². The van der Waals surface area contributed by atoms with Gasteiger partial charge in [0.1, 0.15) is 0 Å². The zero-order chi connectivity index (χ0) is 23.5. The molecular weight excluding hydrogens is 430 g/mol. The van der Waals surface area contributed by atoms with Crippen molar-refractivity contribution < 1.29 is 14.7 Å². The van der Waals surface area contributed by atoms with E-state index in [0.29, 0.717) is 43.3 Å². The number of rotatable bonds is 6. The van der Waals surface area contributed by atoms with Crippen LogP contribution in [0.5, 0.6) is 0 Å². The first-order valence-electron chi connectivity index (χ1n) is 11.3. The SMILES string of the molecule is O=C(CC1(C(=O)O)CCN(c2nnc3ccccn23)CC1)N(c1ccccc1)c1ccccc1. The minimum absolute atomic E-state index is 0.0828. The van der Waals surface area contributed by atoms with E-state index in [1.807, 2.05) is 94.4 Å². The summed E-state index contributed by atoms with van der Waals surface area (Å²) in [6, 6.07) is 24.4. The summed E-state index contributed by atoms with van der Waals surface area (Å²) >= 11 is 0. The number of hydrogen-bond acceptors (Lipinski definition) is 5. The van der Waals surface area contributed by atoms with Crippen LogP contribution in [-0.4, -0.2) is 44.7 Å². The quantitative estimate of drug-likeness (QED) is 0.470. The number of carbonyl (C=O) groups excluding carboxylic acids is 1. The van der Waals surface area contributed by atoms with Gasteiger partial charge in [-0.25, -0.2) is 0 Å². The number of anilines is 3. The van der Waals surface area contributed by atoms with Crippen LogP contribution in [-0.2, 0) is 9.59 Å². The molecule has 0 atom stereocenters. The first kappa shape index (κ1) is 21.6. The summed E-state index contributed by atoms with van der Waals surface area (Å²) in [5.41, 5.74) is 1.03. The first-order chi connectivity index (χ1) is 16.6. The van der Waals surface area contributed by atoms with Gasteiger partial charge in [-0.1, -0.05) is 42.5 Å². The average molecular weight is 456 g/mol. The summed E-state index contributed by atoms with van der Waals surface area (Å²) in [7, 11) is 0. The summed E-state index contributed by atoms with van der Waals surface area (Å²) in [5, 5.41) is 18.7. The van der Waals surface area contributed by atoms with Gasteiger partial charge in [-0.05, 0) is 49.2 Å². The van der Waals surface area contributed by atoms with Crippen LogP contribution in [0, 0.1) is 5.41 Å². The van der Waals surface area contributed by atoms with Gasteiger partial charge in [0.2, 0.25) is 11.9 Å². The summed E-state index contributed by atoms with van der Waals surface area (Å²) in [6.45, 7) is 0.956. The number of carboxylic acids is 1. The van der Waals surface area contributed by atoms with Crippen molar-refractivity contribution in [3.8, 4) is 0 Å². The number of amides is 1. The number of carboxylic acid groups (broad SMARTS) is 1. The zero-order valence-corrected chi connectivity index (χ0v) is 18.6. The molecule has 0 saturated carbocycles. The van der Waals surface area contributed by atoms with Gasteiger partial charge in [-0.15, -0.1) is 10.2 Å². The molecule has 34 heavy (non-hydrogen) atoms. The van der Waals surface area contributed by atoms with E-state index in [2.05, 4.69) is 10.2 Å². The summed E-state index contributed by atoms with van der Waals surface area (Å²) in [5.74, 6) is -0.482. The van der Waals surface area contributed by atoms with Crippen molar-refractivity contribution in [3.63, 3.8) is 0 Å². The minimum atomic E-state index is -1.14. The normalized spacial score (nSPS) is 15.2. The van der Waals surface area contributed by atoms with Gasteiger partial charge in [-0.2, -0.15) is 0 Å². The maximum Gasteiger partial charge on any atom is 0.310 e. The van der Waals surface area contributed by atoms with Crippen LogP contribution in [0.25, 0.3) is 5.65 Å². The molecule has 0 aliphatic carbocycles. The van der Waals surface area contributed by atoms with E-state index in [4.69, 9.17) is 0 Å². The molecule has 1 amide bonds. The molecular formula is C26H25N5O3. The lowest BCUT2D eigenvalue weighted by atomic mass is 9.75. The Morgan fingerprint density at radius 2 is 1.44 bits per heavy atom. The van der Waals surface area contributed by atoms with Gasteiger partial charge in [-0.3, -0.25) is 18.9 Å². The zero-order valence-electron chi connectivity index (χ0n) is 18.6. The highest BCUT2D eigenvalue weighted by Crippen LogP contribution is 2.39. The molecule has 8 heteroatoms. The summed E-state index contributed by atoms with van der Waals surface area (Å²) in [4.78, 5) is 29.8. The van der Waals surface area contributed by atoms with E-state index in [0.717, 1.165) is 5.65 Å². The van der Waals surface area contributed by atoms with Gasteiger partial charge in [0.15, 0.2) is 5.65 Å². The fraction of sp³-hybridized carbons (Fsp3) is 0.231. The van der Waals surface area contributed by atoms with Crippen molar-refractivity contribution >= 4 is 34.8 Å². The number of hydrogen-bond donors (Lipinski definition) is 1. The molecule has 1 aliphatic heterocycles. The topological polar surface area (TPSA) is 91.0 Å². The lowest BCUT2D eigenvalue weighted by Gasteiger charge is -2.39. The van der Waals surface area contributed by atoms with E-state index >= 15 is 0 Å². The molecule has 3 heterocycles. The number of carbonyl (C=O) groups is 2. The van der Waals surface area contributed by atoms with Gasteiger partial charge in [0, 0.05) is 37.1 Å². The molecule has 2 aromatic carbocycles. The highest BCUT2D eigenvalue weighted by Gasteiger charge is 2.45. The number of piperidine rings is 1. The van der Waals surface area contributed by atoms with Crippen LogP contribution in [0.1, 0.15) is 19.3 Å². The summed E-state index contributed by atoms with van der Waals surface area (Å²) < 4.78 is 1.89. The monoisotopic (exact) mass is 455 g/mol. The van der Waals surface area contributed by atoms with Crippen molar-refractivity contribution in [3.05, 3.63) is 85.1 Å². The number of benzene rings is 2. The third-order valence-electron chi connectivity index (χ3n) is 6.52. The van der Waals surface area contributed by atoms with E-state index < -0.39 is 11.4 Å². The molecule has 5 rings (SSSR count). The van der Waals surface area contributed by atoms with E-state index in [1.54, 1.807) is 4.90 Å². The maximum absolute atomic E-state index is 13.6. The van der Waals surface area contributed by atoms with Crippen molar-refractivity contribution in [2.45, 2.75) is 19.3 Å². The number of aliphatic carboxylic acids is 1. The Morgan fingerprint density at radius 1 is 0.853 bits per heavy atom. The van der Waals surface area contributed by atoms with Crippen molar-refractivity contribution in [1.82, 2.24) is 14.6 Å². The lowest BCUT2D eigenvalue weighted by Crippen LogP contribution is -2.47. The molecule has 0 unspecified atom stereocenters. The average Bonchev–Trinajstić information content (AvgIpc) is 3.30. The minimum Gasteiger partial charge on any atom is -0.481 e. The largest absolute Gasteiger partial charge is 0.481 e. The lowest BCUT2D eigenvalue weighted by molar-refractivity contribution is -0.152. The van der Waals surface area contributed by atoms with Gasteiger partial charge in [0.05, 0.1) is 5.41 Å². The Bertz CT molecular complexity index is 1260.